The van der Waals surface area contributed by atoms with Gasteiger partial charge in [-0.15, -0.1) is 0 Å². The molecule has 0 saturated carbocycles. The molecule has 0 N–H and O–H groups in total. The van der Waals surface area contributed by atoms with Crippen molar-refractivity contribution in [1.29, 1.82) is 0 Å². The summed E-state index contributed by atoms with van der Waals surface area (Å²) in [5, 5.41) is 0. The molecule has 1 nitrogen and oxygen atoms in total. The van der Waals surface area contributed by atoms with Crippen molar-refractivity contribution in [1.82, 2.24) is 0 Å². The van der Waals surface area contributed by atoms with Crippen LogP contribution in [0.3, 0.4) is 0 Å². The third kappa shape index (κ3) is 8.47. The Kier molecular flexibility index (Phi) is 8.61. The molecule has 0 spiro atoms. The summed E-state index contributed by atoms with van der Waals surface area (Å²) >= 11 is 0. The number of benzene rings is 2. The van der Waals surface area contributed by atoms with E-state index in [0.29, 0.717) is 0 Å². The van der Waals surface area contributed by atoms with Gasteiger partial charge < -0.3 is 0 Å². The van der Waals surface area contributed by atoms with E-state index in [1.807, 2.05) is 0 Å². The molecule has 140 valence electrons. The van der Waals surface area contributed by atoms with Gasteiger partial charge in [-0.05, 0) is 63.1 Å². The monoisotopic (exact) mass is 349 g/mol. The molecule has 26 heavy (non-hydrogen) atoms. The normalized spacial score (nSPS) is 12.0. The number of hydrogen-bond donors (Lipinski definition) is 0. The zero-order chi connectivity index (χ0) is 18.7. The highest BCUT2D eigenvalue weighted by atomic mass is 14.8. The van der Waals surface area contributed by atoms with Crippen molar-refractivity contribution >= 4 is 6.21 Å². The fourth-order valence-corrected chi connectivity index (χ4v) is 3.15. The van der Waals surface area contributed by atoms with Crippen molar-refractivity contribution in [2.45, 2.75) is 77.7 Å². The Morgan fingerprint density at radius 1 is 0.692 bits per heavy atom. The van der Waals surface area contributed by atoms with Gasteiger partial charge in [0.1, 0.15) is 0 Å². The molecule has 0 bridgehead atoms. The lowest BCUT2D eigenvalue weighted by Gasteiger charge is -2.12. The second-order valence-corrected chi connectivity index (χ2v) is 8.23. The fourth-order valence-electron chi connectivity index (χ4n) is 3.15. The summed E-state index contributed by atoms with van der Waals surface area (Å²) in [6.45, 7) is 6.43. The standard InChI is InChI=1S/C25H35N/c1-25(2,3)26-21-24-20-14-13-19-23(24)18-12-7-5-4-6-9-15-22-16-10-8-11-17-22/h8,10-11,13-14,16-17,19-21H,4-7,9,12,15,18H2,1-3H3/b26-21+. The van der Waals surface area contributed by atoms with Gasteiger partial charge in [0.05, 0.1) is 5.54 Å². The topological polar surface area (TPSA) is 12.4 Å². The lowest BCUT2D eigenvalue weighted by atomic mass is 10.00. The highest BCUT2D eigenvalue weighted by Gasteiger charge is 2.06. The molecule has 0 amide bonds. The summed E-state index contributed by atoms with van der Waals surface area (Å²) in [6.07, 6.45) is 12.4. The van der Waals surface area contributed by atoms with Gasteiger partial charge in [-0.3, -0.25) is 4.99 Å². The van der Waals surface area contributed by atoms with Crippen LogP contribution in [-0.2, 0) is 12.8 Å². The molecule has 0 atom stereocenters. The molecule has 0 fully saturated rings. The molecular weight excluding hydrogens is 314 g/mol. The number of aliphatic imine (C=N–C) groups is 1. The molecule has 0 saturated heterocycles. The van der Waals surface area contributed by atoms with Crippen LogP contribution in [0.2, 0.25) is 0 Å². The van der Waals surface area contributed by atoms with Gasteiger partial charge in [0.2, 0.25) is 0 Å². The average molecular weight is 350 g/mol. The van der Waals surface area contributed by atoms with Gasteiger partial charge in [0.15, 0.2) is 0 Å². The first-order chi connectivity index (χ1) is 12.5. The maximum Gasteiger partial charge on any atom is 0.0524 e. The summed E-state index contributed by atoms with van der Waals surface area (Å²) < 4.78 is 0. The van der Waals surface area contributed by atoms with Crippen LogP contribution in [0.1, 0.15) is 76.0 Å². The van der Waals surface area contributed by atoms with Gasteiger partial charge in [-0.2, -0.15) is 0 Å². The van der Waals surface area contributed by atoms with E-state index in [1.165, 1.54) is 61.6 Å². The van der Waals surface area contributed by atoms with Gasteiger partial charge in [-0.1, -0.05) is 80.3 Å². The molecule has 2 aromatic carbocycles. The van der Waals surface area contributed by atoms with E-state index in [9.17, 15) is 0 Å². The Morgan fingerprint density at radius 3 is 1.96 bits per heavy atom. The SMILES string of the molecule is CC(C)(C)/N=C/c1ccccc1CCCCCCCCc1ccccc1. The highest BCUT2D eigenvalue weighted by Crippen LogP contribution is 2.15. The smallest absolute Gasteiger partial charge is 0.0524 e. The van der Waals surface area contributed by atoms with Crippen LogP contribution in [0.25, 0.3) is 0 Å². The molecular formula is C25H35N. The largest absolute Gasteiger partial charge is 0.287 e. The third-order valence-electron chi connectivity index (χ3n) is 4.65. The second kappa shape index (κ2) is 11.0. The predicted octanol–water partition coefficient (Wildman–Crippen LogP) is 7.03. The molecule has 0 radical (unpaired) electrons. The van der Waals surface area contributed by atoms with E-state index >= 15 is 0 Å². The maximum atomic E-state index is 4.67. The summed E-state index contributed by atoms with van der Waals surface area (Å²) in [5.41, 5.74) is 4.18. The van der Waals surface area contributed by atoms with Crippen LogP contribution in [-0.4, -0.2) is 11.8 Å². The summed E-state index contributed by atoms with van der Waals surface area (Å²) in [5.74, 6) is 0. The molecule has 0 aliphatic carbocycles. The second-order valence-electron chi connectivity index (χ2n) is 8.23. The van der Waals surface area contributed by atoms with Crippen molar-refractivity contribution < 1.29 is 0 Å². The molecule has 2 aromatic rings. The van der Waals surface area contributed by atoms with E-state index in [0.717, 1.165) is 6.42 Å². The molecule has 2 rings (SSSR count). The molecule has 0 aliphatic rings. The van der Waals surface area contributed by atoms with E-state index in [1.54, 1.807) is 0 Å². The first-order valence-corrected chi connectivity index (χ1v) is 10.2. The van der Waals surface area contributed by atoms with E-state index in [4.69, 9.17) is 0 Å². The Bertz CT molecular complexity index is 649. The Labute approximate surface area is 160 Å². The van der Waals surface area contributed by atoms with Crippen molar-refractivity contribution in [2.75, 3.05) is 0 Å². The zero-order valence-corrected chi connectivity index (χ0v) is 16.9. The third-order valence-corrected chi connectivity index (χ3v) is 4.65. The quantitative estimate of drug-likeness (QED) is 0.322. The number of unbranched alkanes of at least 4 members (excludes halogenated alkanes) is 5. The van der Waals surface area contributed by atoms with Gasteiger partial charge in [0, 0.05) is 6.21 Å². The fraction of sp³-hybridized carbons (Fsp3) is 0.480. The minimum atomic E-state index is -0.00708. The Morgan fingerprint density at radius 2 is 1.27 bits per heavy atom. The van der Waals surface area contributed by atoms with Crippen LogP contribution in [0.4, 0.5) is 0 Å². The van der Waals surface area contributed by atoms with Gasteiger partial charge in [0.25, 0.3) is 0 Å². The molecule has 1 heteroatoms. The van der Waals surface area contributed by atoms with E-state index in [-0.39, 0.29) is 5.54 Å². The first-order valence-electron chi connectivity index (χ1n) is 10.2. The Balaban J connectivity index is 1.62. The van der Waals surface area contributed by atoms with Gasteiger partial charge in [-0.25, -0.2) is 0 Å². The van der Waals surface area contributed by atoms with E-state index in [2.05, 4.69) is 86.6 Å². The van der Waals surface area contributed by atoms with Gasteiger partial charge >= 0.3 is 0 Å². The number of hydrogen-bond acceptors (Lipinski definition) is 1. The van der Waals surface area contributed by atoms with Crippen molar-refractivity contribution in [2.24, 2.45) is 4.99 Å². The van der Waals surface area contributed by atoms with Crippen molar-refractivity contribution in [3.63, 3.8) is 0 Å². The molecule has 0 heterocycles. The zero-order valence-electron chi connectivity index (χ0n) is 16.9. The average Bonchev–Trinajstić information content (AvgIpc) is 2.63. The Hall–Kier alpha value is -1.89. The minimum absolute atomic E-state index is 0.00708. The highest BCUT2D eigenvalue weighted by molar-refractivity contribution is 5.82. The van der Waals surface area contributed by atoms with Crippen LogP contribution >= 0.6 is 0 Å². The number of nitrogens with zero attached hydrogens (tertiary/aromatic N) is 1. The maximum absolute atomic E-state index is 4.67. The number of rotatable bonds is 10. The van der Waals surface area contributed by atoms with Crippen LogP contribution in [0.15, 0.2) is 59.6 Å². The molecule has 0 aliphatic heterocycles. The number of aryl methyl sites for hydroxylation is 2. The van der Waals surface area contributed by atoms with Crippen LogP contribution in [0, 0.1) is 0 Å². The van der Waals surface area contributed by atoms with Crippen LogP contribution in [0.5, 0.6) is 0 Å². The first kappa shape index (κ1) is 20.4. The predicted molar refractivity (Wildman–Crippen MR) is 115 cm³/mol. The summed E-state index contributed by atoms with van der Waals surface area (Å²) in [6, 6.07) is 19.5. The minimum Gasteiger partial charge on any atom is -0.287 e. The molecule has 0 aromatic heterocycles. The lowest BCUT2D eigenvalue weighted by molar-refractivity contribution is 0.586. The molecule has 0 unspecified atom stereocenters. The lowest BCUT2D eigenvalue weighted by Crippen LogP contribution is -2.10. The summed E-state index contributed by atoms with van der Waals surface area (Å²) in [4.78, 5) is 4.67. The van der Waals surface area contributed by atoms with E-state index < -0.39 is 0 Å². The summed E-state index contributed by atoms with van der Waals surface area (Å²) in [7, 11) is 0. The van der Waals surface area contributed by atoms with Crippen LogP contribution < -0.4 is 0 Å². The van der Waals surface area contributed by atoms with Crippen molar-refractivity contribution in [3.8, 4) is 0 Å². The van der Waals surface area contributed by atoms with Crippen molar-refractivity contribution in [3.05, 3.63) is 71.3 Å².